The summed E-state index contributed by atoms with van der Waals surface area (Å²) < 4.78 is 42.8. The summed E-state index contributed by atoms with van der Waals surface area (Å²) in [6, 6.07) is 0. The second kappa shape index (κ2) is 7.20. The highest BCUT2D eigenvalue weighted by atomic mass is 19.4. The van der Waals surface area contributed by atoms with Gasteiger partial charge >= 0.3 is 12.3 Å². The second-order valence-electron chi connectivity index (χ2n) is 5.80. The number of alkyl halides is 3. The number of hydrogen-bond acceptors (Lipinski definition) is 4. The highest BCUT2D eigenvalue weighted by Crippen LogP contribution is 2.31. The molecule has 0 radical (unpaired) electrons. The number of H-pyrrole nitrogens is 1. The van der Waals surface area contributed by atoms with Crippen molar-refractivity contribution in [3.8, 4) is 0 Å². The number of carbonyl (C=O) groups is 1. The first-order chi connectivity index (χ1) is 10.8. The summed E-state index contributed by atoms with van der Waals surface area (Å²) in [5.74, 6) is 0.405. The van der Waals surface area contributed by atoms with E-state index in [-0.39, 0.29) is 12.0 Å². The fourth-order valence-corrected chi connectivity index (χ4v) is 2.51. The van der Waals surface area contributed by atoms with Crippen molar-refractivity contribution < 1.29 is 22.7 Å². The molecule has 1 N–H and O–H groups in total. The Labute approximate surface area is 132 Å². The predicted octanol–water partition coefficient (Wildman–Crippen LogP) is 2.31. The van der Waals surface area contributed by atoms with Gasteiger partial charge in [0, 0.05) is 26.6 Å². The molecule has 130 valence electrons. The Balaban J connectivity index is 1.76. The number of nitrogens with one attached hydrogen (secondary N) is 1. The van der Waals surface area contributed by atoms with Crippen LogP contribution in [0, 0.1) is 0 Å². The molecule has 1 aliphatic rings. The first-order valence-corrected chi connectivity index (χ1v) is 7.46. The Bertz CT molecular complexity index is 522. The van der Waals surface area contributed by atoms with E-state index in [9.17, 15) is 18.0 Å². The minimum atomic E-state index is -4.39. The van der Waals surface area contributed by atoms with Gasteiger partial charge in [-0.05, 0) is 25.9 Å². The Kier molecular flexibility index (Phi) is 5.51. The quantitative estimate of drug-likeness (QED) is 0.918. The van der Waals surface area contributed by atoms with Crippen LogP contribution in [0.5, 0.6) is 0 Å². The zero-order valence-electron chi connectivity index (χ0n) is 13.2. The van der Waals surface area contributed by atoms with E-state index in [1.165, 1.54) is 4.90 Å². The molecule has 1 amide bonds. The summed E-state index contributed by atoms with van der Waals surface area (Å²) >= 11 is 0. The average molecular weight is 334 g/mol. The summed E-state index contributed by atoms with van der Waals surface area (Å²) in [5.41, 5.74) is -0.800. The van der Waals surface area contributed by atoms with E-state index in [1.54, 1.807) is 14.1 Å². The van der Waals surface area contributed by atoms with Gasteiger partial charge in [-0.2, -0.15) is 13.2 Å². The fourth-order valence-electron chi connectivity index (χ4n) is 2.51. The van der Waals surface area contributed by atoms with Gasteiger partial charge in [-0.1, -0.05) is 0 Å². The number of aromatic nitrogens is 2. The van der Waals surface area contributed by atoms with E-state index in [2.05, 4.69) is 14.9 Å². The van der Waals surface area contributed by atoms with Crippen LogP contribution >= 0.6 is 0 Å². The maximum absolute atomic E-state index is 12.6. The number of rotatable bonds is 4. The smallest absolute Gasteiger partial charge is 0.432 e. The lowest BCUT2D eigenvalue weighted by Crippen LogP contribution is -2.36. The van der Waals surface area contributed by atoms with E-state index < -0.39 is 11.9 Å². The average Bonchev–Trinajstić information content (AvgIpc) is 2.97. The monoisotopic (exact) mass is 334 g/mol. The molecule has 0 atom stereocenters. The molecule has 9 heteroatoms. The third-order valence-electron chi connectivity index (χ3n) is 3.87. The molecule has 2 heterocycles. The van der Waals surface area contributed by atoms with Gasteiger partial charge in [-0.15, -0.1) is 0 Å². The topological polar surface area (TPSA) is 61.5 Å². The zero-order chi connectivity index (χ0) is 17.0. The lowest BCUT2D eigenvalue weighted by atomic mass is 9.96. The van der Waals surface area contributed by atoms with Crippen LogP contribution in [0.2, 0.25) is 0 Å². The number of ether oxygens (including phenoxy) is 1. The van der Waals surface area contributed by atoms with Crippen LogP contribution in [0.1, 0.15) is 30.3 Å². The van der Waals surface area contributed by atoms with Crippen molar-refractivity contribution in [2.75, 3.05) is 40.3 Å². The molecule has 0 spiro atoms. The maximum Gasteiger partial charge on any atom is 0.432 e. The largest absolute Gasteiger partial charge is 0.448 e. The predicted molar refractivity (Wildman–Crippen MR) is 77.0 cm³/mol. The first-order valence-electron chi connectivity index (χ1n) is 7.46. The molecule has 1 saturated heterocycles. The van der Waals surface area contributed by atoms with Gasteiger partial charge in [0.1, 0.15) is 18.1 Å². The van der Waals surface area contributed by atoms with Crippen LogP contribution in [0.25, 0.3) is 0 Å². The van der Waals surface area contributed by atoms with Gasteiger partial charge in [0.2, 0.25) is 0 Å². The summed E-state index contributed by atoms with van der Waals surface area (Å²) in [7, 11) is 3.23. The molecular weight excluding hydrogens is 313 g/mol. The number of hydrogen-bond donors (Lipinski definition) is 1. The highest BCUT2D eigenvalue weighted by Gasteiger charge is 2.34. The third-order valence-corrected chi connectivity index (χ3v) is 3.87. The molecule has 1 fully saturated rings. The van der Waals surface area contributed by atoms with Crippen LogP contribution in [0.15, 0.2) is 6.20 Å². The Morgan fingerprint density at radius 3 is 2.61 bits per heavy atom. The Hall–Kier alpha value is -1.77. The SMILES string of the molecule is CN(C)C(=O)OCCN1CCC(c2ncc(C(F)(F)F)[nH]2)CC1. The second-order valence-corrected chi connectivity index (χ2v) is 5.80. The molecule has 0 aromatic carbocycles. The van der Waals surface area contributed by atoms with Crippen LogP contribution in [0.3, 0.4) is 0 Å². The zero-order valence-corrected chi connectivity index (χ0v) is 13.2. The molecule has 6 nitrogen and oxygen atoms in total. The molecule has 1 aromatic rings. The van der Waals surface area contributed by atoms with E-state index in [0.29, 0.717) is 19.0 Å². The molecule has 0 bridgehead atoms. The van der Waals surface area contributed by atoms with Crippen molar-refractivity contribution in [3.05, 3.63) is 17.7 Å². The van der Waals surface area contributed by atoms with E-state index in [1.807, 2.05) is 0 Å². The number of nitrogens with zero attached hydrogens (tertiary/aromatic N) is 3. The van der Waals surface area contributed by atoms with Crippen molar-refractivity contribution in [3.63, 3.8) is 0 Å². The number of aromatic amines is 1. The van der Waals surface area contributed by atoms with Gasteiger partial charge in [0.15, 0.2) is 0 Å². The van der Waals surface area contributed by atoms with Crippen LogP contribution in [-0.4, -0.2) is 66.2 Å². The maximum atomic E-state index is 12.6. The van der Waals surface area contributed by atoms with E-state index in [0.717, 1.165) is 32.1 Å². The van der Waals surface area contributed by atoms with Gasteiger partial charge in [-0.3, -0.25) is 4.90 Å². The molecule has 0 aliphatic carbocycles. The number of piperidine rings is 1. The highest BCUT2D eigenvalue weighted by molar-refractivity contribution is 5.66. The number of carbonyl (C=O) groups excluding carboxylic acids is 1. The van der Waals surface area contributed by atoms with Gasteiger partial charge in [0.05, 0.1) is 6.20 Å². The Morgan fingerprint density at radius 1 is 1.43 bits per heavy atom. The number of amides is 1. The molecule has 0 saturated carbocycles. The van der Waals surface area contributed by atoms with Gasteiger partial charge < -0.3 is 14.6 Å². The molecule has 2 rings (SSSR count). The van der Waals surface area contributed by atoms with E-state index >= 15 is 0 Å². The Morgan fingerprint density at radius 2 is 2.09 bits per heavy atom. The summed E-state index contributed by atoms with van der Waals surface area (Å²) in [4.78, 5) is 21.0. The molecule has 0 unspecified atom stereocenters. The van der Waals surface area contributed by atoms with Crippen molar-refractivity contribution in [2.24, 2.45) is 0 Å². The number of likely N-dealkylation sites (tertiary alicyclic amines) is 1. The first kappa shape index (κ1) is 17.6. The van der Waals surface area contributed by atoms with Gasteiger partial charge in [-0.25, -0.2) is 9.78 Å². The van der Waals surface area contributed by atoms with Crippen LogP contribution in [0.4, 0.5) is 18.0 Å². The third kappa shape index (κ3) is 4.85. The van der Waals surface area contributed by atoms with Crippen LogP contribution < -0.4 is 0 Å². The summed E-state index contributed by atoms with van der Waals surface area (Å²) in [6.45, 7) is 2.41. The number of imidazole rings is 1. The standard InChI is InChI=1S/C14H21F3N4O2/c1-20(2)13(22)23-8-7-21-5-3-10(4-6-21)12-18-9-11(19-12)14(15,16)17/h9-10H,3-8H2,1-2H3,(H,18,19). The van der Waals surface area contributed by atoms with Crippen LogP contribution in [-0.2, 0) is 10.9 Å². The molecule has 1 aliphatic heterocycles. The van der Waals surface area contributed by atoms with Crippen molar-refractivity contribution >= 4 is 6.09 Å². The lowest BCUT2D eigenvalue weighted by Gasteiger charge is -2.30. The molecule has 1 aromatic heterocycles. The lowest BCUT2D eigenvalue weighted by molar-refractivity contribution is -0.141. The van der Waals surface area contributed by atoms with Crippen molar-refractivity contribution in [1.29, 1.82) is 0 Å². The van der Waals surface area contributed by atoms with Crippen molar-refractivity contribution in [2.45, 2.75) is 24.9 Å². The van der Waals surface area contributed by atoms with Crippen molar-refractivity contribution in [1.82, 2.24) is 19.8 Å². The summed E-state index contributed by atoms with van der Waals surface area (Å²) in [5, 5.41) is 0. The summed E-state index contributed by atoms with van der Waals surface area (Å²) in [6.07, 6.45) is -2.46. The molecule has 23 heavy (non-hydrogen) atoms. The van der Waals surface area contributed by atoms with Gasteiger partial charge in [0.25, 0.3) is 0 Å². The fraction of sp³-hybridized carbons (Fsp3) is 0.714. The minimum absolute atomic E-state index is 0.00618. The van der Waals surface area contributed by atoms with E-state index in [4.69, 9.17) is 4.74 Å². The normalized spacial score (nSPS) is 17.3. The molecular formula is C14H21F3N4O2. The minimum Gasteiger partial charge on any atom is -0.448 e. The number of halogens is 3.